The van der Waals surface area contributed by atoms with Crippen molar-refractivity contribution in [2.45, 2.75) is 17.4 Å². The molecule has 0 saturated carbocycles. The molecule has 0 spiro atoms. The monoisotopic (exact) mass is 323 g/mol. The second-order valence-electron chi connectivity index (χ2n) is 5.25. The Balaban J connectivity index is 2.27. The average molecular weight is 324 g/mol. The molecule has 1 N–H and O–H groups in total. The van der Waals surface area contributed by atoms with Crippen molar-refractivity contribution in [3.63, 3.8) is 0 Å². The molecule has 0 aliphatic rings. The molecule has 1 atom stereocenters. The van der Waals surface area contributed by atoms with Crippen molar-refractivity contribution >= 4 is 27.1 Å². The van der Waals surface area contributed by atoms with Crippen LogP contribution in [0.1, 0.15) is 12.5 Å². The molecule has 0 amide bonds. The van der Waals surface area contributed by atoms with Crippen molar-refractivity contribution in [3.05, 3.63) is 60.2 Å². The molecule has 112 valence electrons. The Labute approximate surface area is 130 Å². The summed E-state index contributed by atoms with van der Waals surface area (Å²) in [5.74, 6) is 0.394. The molecule has 1 unspecified atom stereocenters. The third-order valence-corrected chi connectivity index (χ3v) is 5.04. The van der Waals surface area contributed by atoms with E-state index >= 15 is 0 Å². The van der Waals surface area contributed by atoms with Gasteiger partial charge >= 0.3 is 0 Å². The Morgan fingerprint density at radius 2 is 1.62 bits per heavy atom. The summed E-state index contributed by atoms with van der Waals surface area (Å²) in [6.45, 7) is 2.01. The van der Waals surface area contributed by atoms with Crippen LogP contribution in [0.4, 0.5) is 5.69 Å². The molecule has 3 nitrogen and oxygen atoms in total. The van der Waals surface area contributed by atoms with Gasteiger partial charge in [-0.25, -0.2) is 8.42 Å². The van der Waals surface area contributed by atoms with Crippen LogP contribution in [0.3, 0.4) is 0 Å². The molecule has 0 aromatic heterocycles. The lowest BCUT2D eigenvalue weighted by molar-refractivity contribution is 0.602. The van der Waals surface area contributed by atoms with Gasteiger partial charge in [-0.3, -0.25) is 0 Å². The topological polar surface area (TPSA) is 46.2 Å². The van der Waals surface area contributed by atoms with Crippen LogP contribution in [0.25, 0.3) is 0 Å². The van der Waals surface area contributed by atoms with Gasteiger partial charge in [0.25, 0.3) is 0 Å². The minimum atomic E-state index is -3.17. The van der Waals surface area contributed by atoms with Gasteiger partial charge in [-0.05, 0) is 36.8 Å². The molecule has 21 heavy (non-hydrogen) atoms. The van der Waals surface area contributed by atoms with Crippen molar-refractivity contribution in [2.24, 2.45) is 0 Å². The van der Waals surface area contributed by atoms with E-state index in [1.54, 1.807) is 24.3 Å². The van der Waals surface area contributed by atoms with E-state index in [4.69, 9.17) is 11.6 Å². The fourth-order valence-electron chi connectivity index (χ4n) is 2.09. The number of hydrogen-bond acceptors (Lipinski definition) is 3. The largest absolute Gasteiger partial charge is 0.375 e. The highest BCUT2D eigenvalue weighted by Gasteiger charge is 2.25. The summed E-state index contributed by atoms with van der Waals surface area (Å²) < 4.78 is 22.9. The highest BCUT2D eigenvalue weighted by molar-refractivity contribution is 7.90. The molecule has 0 bridgehead atoms. The van der Waals surface area contributed by atoms with Gasteiger partial charge in [0, 0.05) is 17.8 Å². The van der Waals surface area contributed by atoms with Gasteiger partial charge < -0.3 is 5.32 Å². The van der Waals surface area contributed by atoms with E-state index in [1.165, 1.54) is 6.26 Å². The molecule has 2 rings (SSSR count). The number of anilines is 1. The van der Waals surface area contributed by atoms with Gasteiger partial charge in [-0.2, -0.15) is 0 Å². The van der Waals surface area contributed by atoms with Crippen molar-refractivity contribution in [2.75, 3.05) is 17.5 Å². The smallest absolute Gasteiger partial charge is 0.175 e. The van der Waals surface area contributed by atoms with Gasteiger partial charge in [0.2, 0.25) is 0 Å². The summed E-state index contributed by atoms with van der Waals surface area (Å²) in [5.41, 5.74) is 1.48. The molecular formula is C16H18ClNO2S. The molecule has 5 heteroatoms. The zero-order valence-corrected chi connectivity index (χ0v) is 13.6. The fourth-order valence-corrected chi connectivity index (χ4v) is 2.94. The summed E-state index contributed by atoms with van der Waals surface area (Å²) in [7, 11) is -3.17. The first-order chi connectivity index (χ1) is 9.85. The van der Waals surface area contributed by atoms with Crippen LogP contribution >= 0.6 is 11.6 Å². The van der Waals surface area contributed by atoms with E-state index < -0.39 is 15.4 Å². The molecule has 0 fully saturated rings. The number of halogens is 1. The Morgan fingerprint density at radius 3 is 2.10 bits per heavy atom. The second-order valence-corrected chi connectivity index (χ2v) is 7.54. The van der Waals surface area contributed by atoms with E-state index in [-0.39, 0.29) is 0 Å². The summed E-state index contributed by atoms with van der Waals surface area (Å²) in [6, 6.07) is 16.6. The van der Waals surface area contributed by atoms with Gasteiger partial charge in [-0.15, -0.1) is 11.6 Å². The van der Waals surface area contributed by atoms with Gasteiger partial charge in [0.15, 0.2) is 9.84 Å². The number of hydrogen-bond donors (Lipinski definition) is 1. The van der Waals surface area contributed by atoms with Crippen molar-refractivity contribution in [1.29, 1.82) is 0 Å². The lowest BCUT2D eigenvalue weighted by Crippen LogP contribution is -2.33. The minimum absolute atomic E-state index is 0.306. The van der Waals surface area contributed by atoms with Crippen LogP contribution in [-0.2, 0) is 15.4 Å². The van der Waals surface area contributed by atoms with Crippen molar-refractivity contribution in [3.8, 4) is 0 Å². The predicted molar refractivity (Wildman–Crippen MR) is 87.7 cm³/mol. The van der Waals surface area contributed by atoms with E-state index in [9.17, 15) is 8.42 Å². The van der Waals surface area contributed by atoms with E-state index in [0.29, 0.717) is 10.8 Å². The third-order valence-electron chi connectivity index (χ3n) is 3.38. The van der Waals surface area contributed by atoms with Gasteiger partial charge in [0.05, 0.1) is 10.4 Å². The first kappa shape index (κ1) is 15.9. The molecule has 0 aliphatic carbocycles. The van der Waals surface area contributed by atoms with Crippen LogP contribution < -0.4 is 5.32 Å². The molecule has 0 radical (unpaired) electrons. The van der Waals surface area contributed by atoms with E-state index in [1.807, 2.05) is 37.3 Å². The molecule has 0 aliphatic heterocycles. The summed E-state index contributed by atoms with van der Waals surface area (Å²) in [6.07, 6.45) is 1.20. The van der Waals surface area contributed by atoms with Crippen LogP contribution in [0.15, 0.2) is 59.5 Å². The molecular weight excluding hydrogens is 306 g/mol. The van der Waals surface area contributed by atoms with Crippen LogP contribution in [0, 0.1) is 0 Å². The van der Waals surface area contributed by atoms with Gasteiger partial charge in [-0.1, -0.05) is 30.3 Å². The lowest BCUT2D eigenvalue weighted by atomic mass is 9.94. The van der Waals surface area contributed by atoms with E-state index in [2.05, 4.69) is 5.32 Å². The zero-order chi connectivity index (χ0) is 15.5. The quantitative estimate of drug-likeness (QED) is 0.854. The average Bonchev–Trinajstić information content (AvgIpc) is 2.47. The number of sulfone groups is 1. The lowest BCUT2D eigenvalue weighted by Gasteiger charge is -2.30. The second kappa shape index (κ2) is 6.08. The Hall–Kier alpha value is -1.52. The predicted octanol–water partition coefficient (Wildman–Crippen LogP) is 3.66. The standard InChI is InChI=1S/C16H18ClNO2S/c1-16(12-17,13-6-4-3-5-7-13)18-14-8-10-15(11-9-14)21(2,19)20/h3-11,18H,12H2,1-2H3. The van der Waals surface area contributed by atoms with Crippen LogP contribution in [0.2, 0.25) is 0 Å². The molecule has 2 aromatic carbocycles. The maximum absolute atomic E-state index is 11.5. The molecule has 0 heterocycles. The Morgan fingerprint density at radius 1 is 1.05 bits per heavy atom. The van der Waals surface area contributed by atoms with Gasteiger partial charge in [0.1, 0.15) is 0 Å². The SMILES string of the molecule is CC(CCl)(Nc1ccc(S(C)(=O)=O)cc1)c1ccccc1. The Kier molecular flexibility index (Phi) is 4.59. The number of alkyl halides is 1. The summed E-state index contributed by atoms with van der Waals surface area (Å²) in [5, 5.41) is 3.37. The first-order valence-corrected chi connectivity index (χ1v) is 8.97. The molecule has 0 saturated heterocycles. The third kappa shape index (κ3) is 3.77. The number of nitrogens with one attached hydrogen (secondary N) is 1. The molecule has 2 aromatic rings. The zero-order valence-electron chi connectivity index (χ0n) is 12.0. The van der Waals surface area contributed by atoms with Crippen molar-refractivity contribution < 1.29 is 8.42 Å². The maximum Gasteiger partial charge on any atom is 0.175 e. The summed E-state index contributed by atoms with van der Waals surface area (Å²) >= 11 is 6.14. The number of rotatable bonds is 5. The highest BCUT2D eigenvalue weighted by atomic mass is 35.5. The van der Waals surface area contributed by atoms with Crippen LogP contribution in [-0.4, -0.2) is 20.6 Å². The highest BCUT2D eigenvalue weighted by Crippen LogP contribution is 2.28. The summed E-state index contributed by atoms with van der Waals surface area (Å²) in [4.78, 5) is 0.306. The minimum Gasteiger partial charge on any atom is -0.375 e. The maximum atomic E-state index is 11.5. The normalized spacial score (nSPS) is 14.4. The van der Waals surface area contributed by atoms with E-state index in [0.717, 1.165) is 11.3 Å². The van der Waals surface area contributed by atoms with Crippen LogP contribution in [0.5, 0.6) is 0 Å². The fraction of sp³-hybridized carbons (Fsp3) is 0.250. The Bertz CT molecular complexity index is 699. The first-order valence-electron chi connectivity index (χ1n) is 6.55. The van der Waals surface area contributed by atoms with Crippen molar-refractivity contribution in [1.82, 2.24) is 0 Å². The number of benzene rings is 2.